The normalized spacial score (nSPS) is 17.7. The first-order chi connectivity index (χ1) is 10.7. The Kier molecular flexibility index (Phi) is 2.96. The highest BCUT2D eigenvalue weighted by Gasteiger charge is 2.59. The number of anilines is 1. The maximum atomic E-state index is 12.8. The number of methoxy groups -OCH3 is 1. The molecule has 0 saturated heterocycles. The van der Waals surface area contributed by atoms with Crippen LogP contribution in [0.3, 0.4) is 0 Å². The number of hydrogen-bond donors (Lipinski definition) is 0. The largest absolute Gasteiger partial charge is 0.497 e. The second kappa shape index (κ2) is 4.87. The van der Waals surface area contributed by atoms with E-state index in [2.05, 4.69) is 29.2 Å². The predicted molar refractivity (Wildman–Crippen MR) is 86.8 cm³/mol. The Morgan fingerprint density at radius 3 is 2.59 bits per heavy atom. The highest BCUT2D eigenvalue weighted by molar-refractivity contribution is 6.16. The van der Waals surface area contributed by atoms with Crippen molar-refractivity contribution in [1.82, 2.24) is 0 Å². The van der Waals surface area contributed by atoms with Gasteiger partial charge in [-0.3, -0.25) is 4.79 Å². The first-order valence-corrected chi connectivity index (χ1v) is 7.79. The second-order valence-electron chi connectivity index (χ2n) is 6.13. The van der Waals surface area contributed by atoms with E-state index in [0.717, 1.165) is 42.8 Å². The van der Waals surface area contributed by atoms with E-state index >= 15 is 0 Å². The summed E-state index contributed by atoms with van der Waals surface area (Å²) in [5.74, 6) is 1.03. The van der Waals surface area contributed by atoms with Gasteiger partial charge in [0.25, 0.3) is 0 Å². The van der Waals surface area contributed by atoms with Gasteiger partial charge in [-0.2, -0.15) is 0 Å². The Labute approximate surface area is 130 Å². The van der Waals surface area contributed by atoms with Crippen LogP contribution in [0.25, 0.3) is 0 Å². The van der Waals surface area contributed by atoms with Gasteiger partial charge in [-0.1, -0.05) is 30.3 Å². The molecule has 112 valence electrons. The molecular formula is C19H19NO2. The molecule has 0 radical (unpaired) electrons. The monoisotopic (exact) mass is 293 g/mol. The summed E-state index contributed by atoms with van der Waals surface area (Å²) in [5, 5.41) is 0. The van der Waals surface area contributed by atoms with E-state index in [4.69, 9.17) is 4.74 Å². The molecular weight excluding hydrogens is 274 g/mol. The number of ketones is 1. The van der Waals surface area contributed by atoms with Gasteiger partial charge < -0.3 is 9.64 Å². The zero-order valence-corrected chi connectivity index (χ0v) is 12.7. The molecule has 3 nitrogen and oxygen atoms in total. The quantitative estimate of drug-likeness (QED) is 0.864. The molecule has 1 aliphatic carbocycles. The molecule has 1 aliphatic heterocycles. The van der Waals surface area contributed by atoms with Crippen LogP contribution in [0.1, 0.15) is 28.8 Å². The third kappa shape index (κ3) is 1.92. The van der Waals surface area contributed by atoms with Crippen LogP contribution in [-0.2, 0) is 6.42 Å². The van der Waals surface area contributed by atoms with Crippen LogP contribution in [0, 0.1) is 0 Å². The summed E-state index contributed by atoms with van der Waals surface area (Å²) in [6.07, 6.45) is 2.90. The summed E-state index contributed by atoms with van der Waals surface area (Å²) < 4.78 is 5.27. The van der Waals surface area contributed by atoms with Crippen molar-refractivity contribution in [3.63, 3.8) is 0 Å². The number of ether oxygens (including phenoxy) is 1. The van der Waals surface area contributed by atoms with Crippen molar-refractivity contribution in [1.29, 1.82) is 0 Å². The van der Waals surface area contributed by atoms with E-state index in [9.17, 15) is 4.79 Å². The molecule has 0 unspecified atom stereocenters. The van der Waals surface area contributed by atoms with Crippen LogP contribution in [0.15, 0.2) is 48.5 Å². The Bertz CT molecular complexity index is 719. The number of nitrogens with zero attached hydrogens (tertiary/aromatic N) is 1. The molecule has 2 aliphatic rings. The SMILES string of the molecule is COc1ccc2c(c1)C(=O)C1(CC1)N2CCc1ccccc1. The number of benzene rings is 2. The van der Waals surface area contributed by atoms with Crippen LogP contribution >= 0.6 is 0 Å². The third-order valence-corrected chi connectivity index (χ3v) is 4.87. The molecule has 0 atom stereocenters. The molecule has 4 rings (SSSR count). The number of carbonyl (C=O) groups excluding carboxylic acids is 1. The molecule has 0 N–H and O–H groups in total. The maximum absolute atomic E-state index is 12.8. The van der Waals surface area contributed by atoms with Crippen molar-refractivity contribution < 1.29 is 9.53 Å². The molecule has 0 amide bonds. The highest BCUT2D eigenvalue weighted by Crippen LogP contribution is 2.53. The van der Waals surface area contributed by atoms with Gasteiger partial charge in [0.15, 0.2) is 5.78 Å². The van der Waals surface area contributed by atoms with Gasteiger partial charge in [0, 0.05) is 17.8 Å². The highest BCUT2D eigenvalue weighted by atomic mass is 16.5. The van der Waals surface area contributed by atoms with Crippen LogP contribution < -0.4 is 9.64 Å². The van der Waals surface area contributed by atoms with Crippen molar-refractivity contribution in [3.8, 4) is 5.75 Å². The summed E-state index contributed by atoms with van der Waals surface area (Å²) in [7, 11) is 1.64. The van der Waals surface area contributed by atoms with Crippen molar-refractivity contribution in [2.75, 3.05) is 18.6 Å². The minimum atomic E-state index is -0.260. The third-order valence-electron chi connectivity index (χ3n) is 4.87. The molecule has 3 heteroatoms. The van der Waals surface area contributed by atoms with Crippen molar-refractivity contribution in [2.45, 2.75) is 24.8 Å². The van der Waals surface area contributed by atoms with Crippen molar-refractivity contribution in [2.24, 2.45) is 0 Å². The Balaban J connectivity index is 1.64. The van der Waals surface area contributed by atoms with Gasteiger partial charge in [0.1, 0.15) is 11.3 Å². The van der Waals surface area contributed by atoms with Crippen LogP contribution in [0.2, 0.25) is 0 Å². The van der Waals surface area contributed by atoms with Gasteiger partial charge in [-0.05, 0) is 43.0 Å². The minimum Gasteiger partial charge on any atom is -0.497 e. The molecule has 2 aromatic rings. The minimum absolute atomic E-state index is 0.260. The first-order valence-electron chi connectivity index (χ1n) is 7.79. The van der Waals surface area contributed by atoms with Gasteiger partial charge in [0.05, 0.1) is 7.11 Å². The van der Waals surface area contributed by atoms with E-state index in [1.54, 1.807) is 7.11 Å². The predicted octanol–water partition coefficient (Wildman–Crippen LogP) is 3.47. The maximum Gasteiger partial charge on any atom is 0.190 e. The van der Waals surface area contributed by atoms with E-state index in [1.807, 2.05) is 24.3 Å². The lowest BCUT2D eigenvalue weighted by molar-refractivity contribution is 0.0959. The summed E-state index contributed by atoms with van der Waals surface area (Å²) in [6.45, 7) is 0.884. The Hall–Kier alpha value is -2.29. The van der Waals surface area contributed by atoms with E-state index < -0.39 is 0 Å². The van der Waals surface area contributed by atoms with Crippen molar-refractivity contribution in [3.05, 3.63) is 59.7 Å². The molecule has 1 heterocycles. The van der Waals surface area contributed by atoms with Gasteiger partial charge >= 0.3 is 0 Å². The number of rotatable bonds is 4. The molecule has 0 aromatic heterocycles. The van der Waals surface area contributed by atoms with Gasteiger partial charge in [-0.15, -0.1) is 0 Å². The smallest absolute Gasteiger partial charge is 0.190 e. The fourth-order valence-corrected chi connectivity index (χ4v) is 3.50. The zero-order chi connectivity index (χ0) is 15.2. The fourth-order valence-electron chi connectivity index (χ4n) is 3.50. The van der Waals surface area contributed by atoms with E-state index in [0.29, 0.717) is 0 Å². The lowest BCUT2D eigenvalue weighted by Crippen LogP contribution is -2.39. The molecule has 22 heavy (non-hydrogen) atoms. The second-order valence-corrected chi connectivity index (χ2v) is 6.13. The molecule has 0 bridgehead atoms. The van der Waals surface area contributed by atoms with E-state index in [-0.39, 0.29) is 11.3 Å². The first kappa shape index (κ1) is 13.4. The number of hydrogen-bond acceptors (Lipinski definition) is 3. The summed E-state index contributed by atoms with van der Waals surface area (Å²) >= 11 is 0. The standard InChI is InChI=1S/C19H19NO2/c1-22-15-7-8-17-16(13-15)18(21)19(10-11-19)20(17)12-9-14-5-3-2-4-6-14/h2-8,13H,9-12H2,1H3. The molecule has 2 aromatic carbocycles. The van der Waals surface area contributed by atoms with Crippen LogP contribution in [0.4, 0.5) is 5.69 Å². The molecule has 1 fully saturated rings. The number of Topliss-reactive ketones (excluding diaryl/α,β-unsaturated/α-hetero) is 1. The van der Waals surface area contributed by atoms with E-state index in [1.165, 1.54) is 5.56 Å². The zero-order valence-electron chi connectivity index (χ0n) is 12.7. The van der Waals surface area contributed by atoms with Crippen LogP contribution in [-0.4, -0.2) is 25.0 Å². The topological polar surface area (TPSA) is 29.5 Å². The fraction of sp³-hybridized carbons (Fsp3) is 0.316. The average molecular weight is 293 g/mol. The Morgan fingerprint density at radius 1 is 1.14 bits per heavy atom. The average Bonchev–Trinajstić information content (AvgIpc) is 3.33. The number of fused-ring (bicyclic) bond motifs is 1. The summed E-state index contributed by atoms with van der Waals surface area (Å²) in [4.78, 5) is 15.1. The summed E-state index contributed by atoms with van der Waals surface area (Å²) in [6, 6.07) is 16.3. The van der Waals surface area contributed by atoms with Crippen molar-refractivity contribution >= 4 is 11.5 Å². The van der Waals surface area contributed by atoms with Crippen LogP contribution in [0.5, 0.6) is 5.75 Å². The summed E-state index contributed by atoms with van der Waals surface area (Å²) in [5.41, 5.74) is 2.94. The molecule has 1 spiro atoms. The number of carbonyl (C=O) groups is 1. The lowest BCUT2D eigenvalue weighted by atomic mass is 10.1. The molecule has 1 saturated carbocycles. The lowest BCUT2D eigenvalue weighted by Gasteiger charge is -2.26. The Morgan fingerprint density at radius 2 is 1.91 bits per heavy atom. The van der Waals surface area contributed by atoms with Gasteiger partial charge in [0.2, 0.25) is 0 Å². The van der Waals surface area contributed by atoms with Gasteiger partial charge in [-0.25, -0.2) is 0 Å².